The molecule has 2 rings (SSSR count). The predicted molar refractivity (Wildman–Crippen MR) is 81.2 cm³/mol. The van der Waals surface area contributed by atoms with Crippen LogP contribution in [0.3, 0.4) is 0 Å². The van der Waals surface area contributed by atoms with Gasteiger partial charge in [-0.3, -0.25) is 4.79 Å². The predicted octanol–water partition coefficient (Wildman–Crippen LogP) is 1.68. The van der Waals surface area contributed by atoms with Gasteiger partial charge in [0.25, 0.3) is 5.91 Å². The van der Waals surface area contributed by atoms with Gasteiger partial charge in [-0.2, -0.15) is 0 Å². The molecular weight excluding hydrogens is 268 g/mol. The summed E-state index contributed by atoms with van der Waals surface area (Å²) < 4.78 is 7.39. The first-order valence-corrected chi connectivity index (χ1v) is 6.89. The van der Waals surface area contributed by atoms with Crippen molar-refractivity contribution in [3.63, 3.8) is 0 Å². The molecule has 1 atom stereocenters. The Morgan fingerprint density at radius 2 is 2.33 bits per heavy atom. The van der Waals surface area contributed by atoms with Crippen molar-refractivity contribution in [3.8, 4) is 5.75 Å². The van der Waals surface area contributed by atoms with Gasteiger partial charge < -0.3 is 20.4 Å². The van der Waals surface area contributed by atoms with Gasteiger partial charge in [0.2, 0.25) is 0 Å². The first kappa shape index (κ1) is 14.9. The average Bonchev–Trinajstić information content (AvgIpc) is 2.93. The Labute approximate surface area is 123 Å². The van der Waals surface area contributed by atoms with E-state index < -0.39 is 0 Å². The highest BCUT2D eigenvalue weighted by Crippen LogP contribution is 2.26. The molecule has 0 aliphatic rings. The molecule has 21 heavy (non-hydrogen) atoms. The number of hydrogen-bond donors (Lipinski definition) is 2. The van der Waals surface area contributed by atoms with Crippen molar-refractivity contribution in [2.75, 3.05) is 12.3 Å². The molecule has 1 heterocycles. The number of ether oxygens (including phenoxy) is 1. The number of nitrogens with zero attached hydrogens (tertiary/aromatic N) is 2. The Bertz CT molecular complexity index is 596. The molecule has 0 fully saturated rings. The lowest BCUT2D eigenvalue weighted by molar-refractivity contribution is 0.0933. The van der Waals surface area contributed by atoms with Crippen LogP contribution < -0.4 is 15.8 Å². The molecule has 0 aliphatic carbocycles. The molecule has 0 bridgehead atoms. The maximum Gasteiger partial charge on any atom is 0.255 e. The standard InChI is InChI=1S/C15H20N4O2/c1-3-21-14-12(5-4-6-13(14)16)15(20)18-11(2)9-19-8-7-17-10-19/h4-8,10-11H,3,9,16H2,1-2H3,(H,18,20). The maximum absolute atomic E-state index is 12.4. The Balaban J connectivity index is 2.07. The minimum Gasteiger partial charge on any atom is -0.491 e. The zero-order valence-electron chi connectivity index (χ0n) is 12.2. The van der Waals surface area contributed by atoms with Crippen LogP contribution in [0.2, 0.25) is 0 Å². The number of imidazole rings is 1. The Morgan fingerprint density at radius 3 is 3.00 bits per heavy atom. The van der Waals surface area contributed by atoms with Gasteiger partial charge in [-0.15, -0.1) is 0 Å². The van der Waals surface area contributed by atoms with Crippen LogP contribution in [-0.2, 0) is 6.54 Å². The number of rotatable bonds is 6. The van der Waals surface area contributed by atoms with Crippen LogP contribution in [0.15, 0.2) is 36.9 Å². The molecule has 0 aliphatic heterocycles. The van der Waals surface area contributed by atoms with E-state index in [1.54, 1.807) is 30.7 Å². The van der Waals surface area contributed by atoms with Crippen molar-refractivity contribution in [3.05, 3.63) is 42.5 Å². The van der Waals surface area contributed by atoms with Crippen LogP contribution in [0.5, 0.6) is 5.75 Å². The summed E-state index contributed by atoms with van der Waals surface area (Å²) in [6.07, 6.45) is 5.28. The third-order valence-electron chi connectivity index (χ3n) is 3.00. The summed E-state index contributed by atoms with van der Waals surface area (Å²) in [7, 11) is 0. The number of aromatic nitrogens is 2. The summed E-state index contributed by atoms with van der Waals surface area (Å²) >= 11 is 0. The highest BCUT2D eigenvalue weighted by molar-refractivity contribution is 5.98. The summed E-state index contributed by atoms with van der Waals surface area (Å²) in [6.45, 7) is 4.90. The number of benzene rings is 1. The second-order valence-corrected chi connectivity index (χ2v) is 4.79. The number of amides is 1. The molecule has 1 aromatic carbocycles. The first-order valence-electron chi connectivity index (χ1n) is 6.89. The minimum atomic E-state index is -0.196. The maximum atomic E-state index is 12.4. The largest absolute Gasteiger partial charge is 0.491 e. The van der Waals surface area contributed by atoms with E-state index in [4.69, 9.17) is 10.5 Å². The number of anilines is 1. The van der Waals surface area contributed by atoms with Crippen molar-refractivity contribution in [2.45, 2.75) is 26.4 Å². The van der Waals surface area contributed by atoms with Crippen LogP contribution in [0, 0.1) is 0 Å². The van der Waals surface area contributed by atoms with E-state index in [0.29, 0.717) is 30.2 Å². The van der Waals surface area contributed by atoms with Gasteiger partial charge in [-0.05, 0) is 26.0 Å². The number of nitrogens with two attached hydrogens (primary N) is 1. The van der Waals surface area contributed by atoms with Crippen molar-refractivity contribution >= 4 is 11.6 Å². The summed E-state index contributed by atoms with van der Waals surface area (Å²) in [4.78, 5) is 16.3. The van der Waals surface area contributed by atoms with Gasteiger partial charge in [0.05, 0.1) is 24.2 Å². The summed E-state index contributed by atoms with van der Waals surface area (Å²) in [5, 5.41) is 2.94. The van der Waals surface area contributed by atoms with Crippen LogP contribution >= 0.6 is 0 Å². The van der Waals surface area contributed by atoms with Gasteiger partial charge >= 0.3 is 0 Å². The molecule has 1 aromatic heterocycles. The highest BCUT2D eigenvalue weighted by atomic mass is 16.5. The summed E-state index contributed by atoms with van der Waals surface area (Å²) in [5.41, 5.74) is 6.79. The van der Waals surface area contributed by atoms with Gasteiger partial charge in [-0.25, -0.2) is 4.98 Å². The topological polar surface area (TPSA) is 82.2 Å². The van der Waals surface area contributed by atoms with Crippen LogP contribution in [-0.4, -0.2) is 28.1 Å². The zero-order valence-corrected chi connectivity index (χ0v) is 12.2. The lowest BCUT2D eigenvalue weighted by atomic mass is 10.1. The molecule has 0 saturated heterocycles. The summed E-state index contributed by atoms with van der Waals surface area (Å²) in [6, 6.07) is 5.13. The Kier molecular flexibility index (Phi) is 4.81. The van der Waals surface area contributed by atoms with Crippen molar-refractivity contribution < 1.29 is 9.53 Å². The second kappa shape index (κ2) is 6.78. The van der Waals surface area contributed by atoms with Gasteiger partial charge in [0.15, 0.2) is 5.75 Å². The monoisotopic (exact) mass is 288 g/mol. The third kappa shape index (κ3) is 3.75. The van der Waals surface area contributed by atoms with Crippen molar-refractivity contribution in [2.24, 2.45) is 0 Å². The van der Waals surface area contributed by atoms with Gasteiger partial charge in [0, 0.05) is 25.0 Å². The number of carbonyl (C=O) groups is 1. The molecule has 6 heteroatoms. The van der Waals surface area contributed by atoms with E-state index in [1.165, 1.54) is 0 Å². The molecular formula is C15H20N4O2. The molecule has 1 unspecified atom stereocenters. The van der Waals surface area contributed by atoms with E-state index >= 15 is 0 Å². The molecule has 2 aromatic rings. The number of nitrogen functional groups attached to an aromatic ring is 1. The zero-order chi connectivity index (χ0) is 15.2. The number of hydrogen-bond acceptors (Lipinski definition) is 4. The van der Waals surface area contributed by atoms with E-state index in [1.807, 2.05) is 24.6 Å². The smallest absolute Gasteiger partial charge is 0.255 e. The molecule has 0 spiro atoms. The number of carbonyl (C=O) groups excluding carboxylic acids is 1. The van der Waals surface area contributed by atoms with E-state index in [2.05, 4.69) is 10.3 Å². The SMILES string of the molecule is CCOc1c(N)cccc1C(=O)NC(C)Cn1ccnc1. The molecule has 112 valence electrons. The highest BCUT2D eigenvalue weighted by Gasteiger charge is 2.16. The first-order chi connectivity index (χ1) is 10.1. The molecule has 6 nitrogen and oxygen atoms in total. The number of para-hydroxylation sites is 1. The van der Waals surface area contributed by atoms with E-state index in [-0.39, 0.29) is 11.9 Å². The van der Waals surface area contributed by atoms with Crippen molar-refractivity contribution in [1.29, 1.82) is 0 Å². The molecule has 0 radical (unpaired) electrons. The van der Waals surface area contributed by atoms with Crippen molar-refractivity contribution in [1.82, 2.24) is 14.9 Å². The number of nitrogens with one attached hydrogen (secondary N) is 1. The van der Waals surface area contributed by atoms with Gasteiger partial charge in [0.1, 0.15) is 0 Å². The summed E-state index contributed by atoms with van der Waals surface area (Å²) in [5.74, 6) is 0.241. The van der Waals surface area contributed by atoms with E-state index in [0.717, 1.165) is 0 Å². The minimum absolute atomic E-state index is 0.0393. The van der Waals surface area contributed by atoms with E-state index in [9.17, 15) is 4.79 Å². The molecule has 1 amide bonds. The molecule has 3 N–H and O–H groups in total. The lowest BCUT2D eigenvalue weighted by Gasteiger charge is -2.17. The van der Waals surface area contributed by atoms with Crippen LogP contribution in [0.4, 0.5) is 5.69 Å². The third-order valence-corrected chi connectivity index (χ3v) is 3.00. The fourth-order valence-corrected chi connectivity index (χ4v) is 2.10. The fourth-order valence-electron chi connectivity index (χ4n) is 2.10. The average molecular weight is 288 g/mol. The Hall–Kier alpha value is -2.50. The normalized spacial score (nSPS) is 11.9. The van der Waals surface area contributed by atoms with Gasteiger partial charge in [-0.1, -0.05) is 6.07 Å². The van der Waals surface area contributed by atoms with Crippen LogP contribution in [0.1, 0.15) is 24.2 Å². The van der Waals surface area contributed by atoms with Crippen LogP contribution in [0.25, 0.3) is 0 Å². The quantitative estimate of drug-likeness (QED) is 0.792. The molecule has 0 saturated carbocycles. The Morgan fingerprint density at radius 1 is 1.52 bits per heavy atom. The lowest BCUT2D eigenvalue weighted by Crippen LogP contribution is -2.35. The second-order valence-electron chi connectivity index (χ2n) is 4.79. The fraction of sp³-hybridized carbons (Fsp3) is 0.333.